The SMILES string of the molecule is [Lu+3].[O-][Cl+3]([O-])([O-])[O-].[O-][Cl+3]([O-])([O-])[O-].[O-][Cl+3]([O-])([O-])[O-]. The topological polar surface area (TPSA) is 277 Å². The number of hydrogen-bond donors (Lipinski definition) is 0. The summed E-state index contributed by atoms with van der Waals surface area (Å²) in [5, 5.41) is 0. The molecule has 0 aliphatic carbocycles. The van der Waals surface area contributed by atoms with Crippen molar-refractivity contribution in [2.45, 2.75) is 0 Å². The minimum atomic E-state index is -4.94. The van der Waals surface area contributed by atoms with E-state index in [2.05, 4.69) is 0 Å². The average molecular weight is 473 g/mol. The molecule has 0 saturated heterocycles. The van der Waals surface area contributed by atoms with Crippen molar-refractivity contribution < 1.29 is 124 Å². The van der Waals surface area contributed by atoms with Crippen molar-refractivity contribution in [3.05, 3.63) is 0 Å². The second-order valence-corrected chi connectivity index (χ2v) is 3.40. The van der Waals surface area contributed by atoms with Crippen LogP contribution in [0.1, 0.15) is 0 Å². The Balaban J connectivity index is -0.0000000655. The maximum atomic E-state index is 8.49. The summed E-state index contributed by atoms with van der Waals surface area (Å²) in [7, 11) is -14.8. The molecule has 108 valence electrons. The van der Waals surface area contributed by atoms with E-state index in [0.717, 1.165) is 0 Å². The second-order valence-electron chi connectivity index (χ2n) is 1.13. The Morgan fingerprint density at radius 2 is 0.312 bits per heavy atom. The molecule has 0 heterocycles. The van der Waals surface area contributed by atoms with E-state index in [9.17, 15) is 0 Å². The first-order valence-electron chi connectivity index (χ1n) is 1.85. The van der Waals surface area contributed by atoms with Gasteiger partial charge in [-0.05, 0) is 0 Å². The fourth-order valence-corrected chi connectivity index (χ4v) is 0. The standard InChI is InChI=1S/3ClHO4.Lu/c3*2-1(3,4)5;/h3*(H,2,3,4,5);/q;;;+3/p-3. The van der Waals surface area contributed by atoms with E-state index in [0.29, 0.717) is 0 Å². The van der Waals surface area contributed by atoms with Crippen LogP contribution in [0.15, 0.2) is 0 Å². The predicted molar refractivity (Wildman–Crippen MR) is 0 cm³/mol. The van der Waals surface area contributed by atoms with Crippen molar-refractivity contribution in [1.29, 1.82) is 0 Å². The zero-order valence-electron chi connectivity index (χ0n) is 6.29. The van der Waals surface area contributed by atoms with Crippen LogP contribution in [0.5, 0.6) is 0 Å². The van der Waals surface area contributed by atoms with E-state index in [1.807, 2.05) is 0 Å². The van der Waals surface area contributed by atoms with E-state index in [1.165, 1.54) is 0 Å². The molecular weight excluding hydrogens is 473 g/mol. The molecule has 12 nitrogen and oxygen atoms in total. The maximum Gasteiger partial charge on any atom is 3.00 e. The van der Waals surface area contributed by atoms with Gasteiger partial charge in [-0.2, -0.15) is 0 Å². The maximum absolute atomic E-state index is 8.49. The number of halogens is 3. The number of hydrogen-bond acceptors (Lipinski definition) is 12. The largest absolute Gasteiger partial charge is 3.00 e. The van der Waals surface area contributed by atoms with Gasteiger partial charge >= 0.3 is 36.9 Å². The summed E-state index contributed by atoms with van der Waals surface area (Å²) in [5.41, 5.74) is 0. The van der Waals surface area contributed by atoms with E-state index >= 15 is 0 Å². The van der Waals surface area contributed by atoms with Crippen molar-refractivity contribution in [2.24, 2.45) is 0 Å². The smallest absolute Gasteiger partial charge is 0.222 e. The Bertz CT molecular complexity index is 91.3. The Morgan fingerprint density at radius 3 is 0.312 bits per heavy atom. The first kappa shape index (κ1) is 26.2. The van der Waals surface area contributed by atoms with E-state index in [1.54, 1.807) is 0 Å². The fourth-order valence-electron chi connectivity index (χ4n) is 0. The van der Waals surface area contributed by atoms with E-state index < -0.39 is 30.7 Å². The molecule has 0 atom stereocenters. The molecule has 0 bridgehead atoms. The zero-order valence-corrected chi connectivity index (χ0v) is 10.2. The molecule has 16 heavy (non-hydrogen) atoms. The van der Waals surface area contributed by atoms with Crippen molar-refractivity contribution in [2.75, 3.05) is 0 Å². The summed E-state index contributed by atoms with van der Waals surface area (Å²) in [6.45, 7) is 0. The zero-order chi connectivity index (χ0) is 13.5. The van der Waals surface area contributed by atoms with Gasteiger partial charge < -0.3 is 0 Å². The second kappa shape index (κ2) is 10.5. The Morgan fingerprint density at radius 1 is 0.312 bits per heavy atom. The molecule has 0 amide bonds. The van der Waals surface area contributed by atoms with Crippen molar-refractivity contribution in [3.63, 3.8) is 0 Å². The molecule has 0 unspecified atom stereocenters. The molecular formula is Cl3LuO12. The van der Waals surface area contributed by atoms with Crippen LogP contribution in [-0.4, -0.2) is 0 Å². The van der Waals surface area contributed by atoms with Crippen molar-refractivity contribution in [1.82, 2.24) is 0 Å². The van der Waals surface area contributed by atoms with Crippen LogP contribution in [0.25, 0.3) is 0 Å². The Labute approximate surface area is 123 Å². The molecule has 0 radical (unpaired) electrons. The molecule has 0 saturated carbocycles. The van der Waals surface area contributed by atoms with E-state index in [-0.39, 0.29) is 36.9 Å². The Kier molecular flexibility index (Phi) is 17.3. The molecule has 0 N–H and O–H groups in total. The first-order valence-corrected chi connectivity index (χ1v) is 5.55. The predicted octanol–water partition coefficient (Wildman–Crippen LogP) is -14.3. The first-order chi connectivity index (χ1) is 6.00. The third-order valence-corrected chi connectivity index (χ3v) is 0. The van der Waals surface area contributed by atoms with E-state index in [4.69, 9.17) is 55.9 Å². The minimum absolute atomic E-state index is 0. The summed E-state index contributed by atoms with van der Waals surface area (Å²) in [4.78, 5) is 0. The van der Waals surface area contributed by atoms with Crippen LogP contribution in [0, 0.1) is 67.6 Å². The molecule has 0 aromatic carbocycles. The van der Waals surface area contributed by atoms with Gasteiger partial charge in [-0.15, -0.1) is 30.7 Å². The number of rotatable bonds is 0. The van der Waals surface area contributed by atoms with Crippen LogP contribution in [-0.2, 0) is 0 Å². The molecule has 0 aromatic heterocycles. The van der Waals surface area contributed by atoms with Gasteiger partial charge in [0.15, 0.2) is 0 Å². The van der Waals surface area contributed by atoms with Crippen molar-refractivity contribution in [3.8, 4) is 0 Å². The van der Waals surface area contributed by atoms with Gasteiger partial charge in [0.25, 0.3) is 0 Å². The quantitative estimate of drug-likeness (QED) is 0.317. The molecule has 0 rings (SSSR count). The summed E-state index contributed by atoms with van der Waals surface area (Å²) in [6, 6.07) is 0. The van der Waals surface area contributed by atoms with Gasteiger partial charge in [0.2, 0.25) is 0 Å². The van der Waals surface area contributed by atoms with Gasteiger partial charge in [-0.1, -0.05) is 0 Å². The summed E-state index contributed by atoms with van der Waals surface area (Å²) < 4.78 is 102. The molecule has 0 spiro atoms. The average Bonchev–Trinajstić information content (AvgIpc) is 1.41. The van der Waals surface area contributed by atoms with Gasteiger partial charge in [0, 0.05) is 0 Å². The minimum Gasteiger partial charge on any atom is -0.222 e. The summed E-state index contributed by atoms with van der Waals surface area (Å²) in [5.74, 6) is 0. The third-order valence-electron chi connectivity index (χ3n) is 0. The summed E-state index contributed by atoms with van der Waals surface area (Å²) in [6.07, 6.45) is 0. The summed E-state index contributed by atoms with van der Waals surface area (Å²) >= 11 is 0. The van der Waals surface area contributed by atoms with Gasteiger partial charge in [0.05, 0.1) is 0 Å². The normalized spacial score (nSPS) is 11.2. The third kappa shape index (κ3) is 1270. The molecule has 0 aliphatic heterocycles. The van der Waals surface area contributed by atoms with Crippen LogP contribution >= 0.6 is 0 Å². The fraction of sp³-hybridized carbons (Fsp3) is 0. The molecule has 0 fully saturated rings. The molecule has 0 aromatic rings. The van der Waals surface area contributed by atoms with Gasteiger partial charge in [-0.25, -0.2) is 55.9 Å². The van der Waals surface area contributed by atoms with Crippen LogP contribution in [0.3, 0.4) is 0 Å². The van der Waals surface area contributed by atoms with Crippen molar-refractivity contribution >= 4 is 0 Å². The van der Waals surface area contributed by atoms with Crippen LogP contribution in [0.4, 0.5) is 0 Å². The Hall–Kier alpha value is 1.62. The van der Waals surface area contributed by atoms with Gasteiger partial charge in [0.1, 0.15) is 0 Å². The molecule has 16 heteroatoms. The van der Waals surface area contributed by atoms with Gasteiger partial charge in [-0.3, -0.25) is 0 Å². The van der Waals surface area contributed by atoms with Crippen LogP contribution < -0.4 is 55.9 Å². The van der Waals surface area contributed by atoms with Crippen LogP contribution in [0.2, 0.25) is 0 Å². The monoisotopic (exact) mass is 472 g/mol. The molecule has 0 aliphatic rings.